The summed E-state index contributed by atoms with van der Waals surface area (Å²) in [5, 5.41) is 1.21. The molecule has 122 valence electrons. The second-order valence-electron chi connectivity index (χ2n) is 5.94. The van der Waals surface area contributed by atoms with Crippen molar-refractivity contribution in [3.63, 3.8) is 0 Å². The fourth-order valence-electron chi connectivity index (χ4n) is 3.38. The van der Waals surface area contributed by atoms with Crippen LogP contribution in [0.15, 0.2) is 60.7 Å². The van der Waals surface area contributed by atoms with E-state index in [1.807, 2.05) is 18.2 Å². The minimum absolute atomic E-state index is 0.123. The highest BCUT2D eigenvalue weighted by Crippen LogP contribution is 2.33. The molecule has 0 fully saturated rings. The number of rotatable bonds is 3. The fraction of sp³-hybridized carbons (Fsp3) is 0.0952. The minimum atomic E-state index is -0.310. The summed E-state index contributed by atoms with van der Waals surface area (Å²) < 4.78 is 0. The largest absolute Gasteiger partial charge is 0.289 e. The molecule has 0 spiro atoms. The number of hydrogen-bond donors (Lipinski definition) is 0. The van der Waals surface area contributed by atoms with Gasteiger partial charge in [0.05, 0.1) is 0 Å². The van der Waals surface area contributed by atoms with Crippen LogP contribution < -0.4 is 0 Å². The predicted octanol–water partition coefficient (Wildman–Crippen LogP) is 3.69. The molecule has 4 nitrogen and oxygen atoms in total. The molecule has 4 rings (SSSR count). The van der Waals surface area contributed by atoms with Gasteiger partial charge in [0.1, 0.15) is 0 Å². The number of imide groups is 1. The van der Waals surface area contributed by atoms with Crippen LogP contribution in [0.25, 0.3) is 10.8 Å². The van der Waals surface area contributed by atoms with Gasteiger partial charge in [0.2, 0.25) is 0 Å². The maximum absolute atomic E-state index is 12.9. The highest BCUT2D eigenvalue weighted by atomic mass is 16.2. The van der Waals surface area contributed by atoms with Crippen LogP contribution in [0.3, 0.4) is 0 Å². The summed E-state index contributed by atoms with van der Waals surface area (Å²) in [6.07, 6.45) is 0. The number of hydrogen-bond acceptors (Lipinski definition) is 3. The molecule has 0 saturated carbocycles. The topological polar surface area (TPSA) is 54.5 Å². The molecule has 0 unspecified atom stereocenters. The van der Waals surface area contributed by atoms with Gasteiger partial charge < -0.3 is 0 Å². The Labute approximate surface area is 144 Å². The Balaban J connectivity index is 1.99. The third kappa shape index (κ3) is 2.18. The average molecular weight is 329 g/mol. The van der Waals surface area contributed by atoms with Crippen LogP contribution in [0.2, 0.25) is 0 Å². The van der Waals surface area contributed by atoms with Gasteiger partial charge in [-0.3, -0.25) is 19.3 Å². The van der Waals surface area contributed by atoms with Crippen LogP contribution in [0.4, 0.5) is 0 Å². The number of carbonyl (C=O) groups is 3. The molecule has 1 heterocycles. The first kappa shape index (κ1) is 15.3. The van der Waals surface area contributed by atoms with E-state index < -0.39 is 0 Å². The highest BCUT2D eigenvalue weighted by Gasteiger charge is 2.32. The lowest BCUT2D eigenvalue weighted by Gasteiger charge is -2.26. The van der Waals surface area contributed by atoms with E-state index in [-0.39, 0.29) is 17.6 Å². The molecule has 0 radical (unpaired) electrons. The molecular weight excluding hydrogens is 314 g/mol. The van der Waals surface area contributed by atoms with Crippen LogP contribution in [-0.4, -0.2) is 29.0 Å². The number of amides is 2. The van der Waals surface area contributed by atoms with Gasteiger partial charge in [0.15, 0.2) is 5.78 Å². The zero-order valence-electron chi connectivity index (χ0n) is 13.7. The van der Waals surface area contributed by atoms with Crippen molar-refractivity contribution in [3.05, 3.63) is 82.9 Å². The maximum atomic E-state index is 12.9. The fourth-order valence-corrected chi connectivity index (χ4v) is 3.38. The lowest BCUT2D eigenvalue weighted by Crippen LogP contribution is -2.40. The van der Waals surface area contributed by atoms with Gasteiger partial charge in [0.25, 0.3) is 11.8 Å². The first-order chi connectivity index (χ1) is 12.1. The summed E-state index contributed by atoms with van der Waals surface area (Å²) >= 11 is 0. The zero-order chi connectivity index (χ0) is 17.6. The van der Waals surface area contributed by atoms with Gasteiger partial charge >= 0.3 is 0 Å². The van der Waals surface area contributed by atoms with Gasteiger partial charge in [-0.25, -0.2) is 0 Å². The molecule has 3 aromatic rings. The zero-order valence-corrected chi connectivity index (χ0v) is 13.7. The van der Waals surface area contributed by atoms with Crippen molar-refractivity contribution >= 4 is 28.4 Å². The van der Waals surface area contributed by atoms with Crippen LogP contribution in [-0.2, 0) is 0 Å². The Hall–Kier alpha value is -3.27. The smallest absolute Gasteiger partial charge is 0.261 e. The Bertz CT molecular complexity index is 1020. The van der Waals surface area contributed by atoms with Crippen molar-refractivity contribution in [3.8, 4) is 0 Å². The van der Waals surface area contributed by atoms with Crippen LogP contribution in [0, 0.1) is 0 Å². The molecule has 25 heavy (non-hydrogen) atoms. The highest BCUT2D eigenvalue weighted by molar-refractivity contribution is 6.28. The van der Waals surface area contributed by atoms with Crippen molar-refractivity contribution in [2.75, 3.05) is 6.54 Å². The Kier molecular flexibility index (Phi) is 3.46. The van der Waals surface area contributed by atoms with E-state index in [1.165, 1.54) is 4.90 Å². The molecule has 0 N–H and O–H groups in total. The number of nitrogens with zero attached hydrogens (tertiary/aromatic N) is 1. The standard InChI is InChI=1S/C21H15NO3/c1-2-22-20(24)16-10-6-9-14-15(11-12-17(18(14)16)21(22)25)19(23)13-7-4-3-5-8-13/h3-12H,2H2,1H3. The second-order valence-corrected chi connectivity index (χ2v) is 5.94. The molecular formula is C21H15NO3. The van der Waals surface area contributed by atoms with E-state index in [0.717, 1.165) is 0 Å². The number of benzene rings is 3. The van der Waals surface area contributed by atoms with E-state index in [0.29, 0.717) is 39.6 Å². The quantitative estimate of drug-likeness (QED) is 0.544. The third-order valence-corrected chi connectivity index (χ3v) is 4.59. The predicted molar refractivity (Wildman–Crippen MR) is 94.9 cm³/mol. The Morgan fingerprint density at radius 1 is 0.840 bits per heavy atom. The molecule has 0 aromatic heterocycles. The van der Waals surface area contributed by atoms with Gasteiger partial charge in [-0.05, 0) is 30.5 Å². The van der Waals surface area contributed by atoms with E-state index in [1.54, 1.807) is 49.4 Å². The SMILES string of the molecule is CCN1C(=O)c2cccc3c(C(=O)c4ccccc4)ccc(c23)C1=O. The summed E-state index contributed by atoms with van der Waals surface area (Å²) in [5.74, 6) is -0.744. The van der Waals surface area contributed by atoms with E-state index >= 15 is 0 Å². The first-order valence-corrected chi connectivity index (χ1v) is 8.15. The Morgan fingerprint density at radius 3 is 2.20 bits per heavy atom. The van der Waals surface area contributed by atoms with Crippen molar-refractivity contribution < 1.29 is 14.4 Å². The van der Waals surface area contributed by atoms with Crippen molar-refractivity contribution in [2.24, 2.45) is 0 Å². The lowest BCUT2D eigenvalue weighted by molar-refractivity contribution is 0.0619. The summed E-state index contributed by atoms with van der Waals surface area (Å²) in [4.78, 5) is 39.4. The molecule has 0 saturated heterocycles. The Morgan fingerprint density at radius 2 is 1.52 bits per heavy atom. The van der Waals surface area contributed by atoms with Crippen molar-refractivity contribution in [1.82, 2.24) is 4.90 Å². The van der Waals surface area contributed by atoms with Gasteiger partial charge in [-0.2, -0.15) is 0 Å². The minimum Gasteiger partial charge on any atom is -0.289 e. The third-order valence-electron chi connectivity index (χ3n) is 4.59. The molecule has 0 aliphatic carbocycles. The average Bonchev–Trinajstić information content (AvgIpc) is 2.66. The van der Waals surface area contributed by atoms with E-state index in [4.69, 9.17) is 0 Å². The lowest BCUT2D eigenvalue weighted by atomic mass is 9.89. The van der Waals surface area contributed by atoms with Gasteiger partial charge in [-0.15, -0.1) is 0 Å². The van der Waals surface area contributed by atoms with Crippen LogP contribution in [0.5, 0.6) is 0 Å². The van der Waals surface area contributed by atoms with E-state index in [2.05, 4.69) is 0 Å². The summed E-state index contributed by atoms with van der Waals surface area (Å²) in [6.45, 7) is 2.09. The number of carbonyl (C=O) groups excluding carboxylic acids is 3. The van der Waals surface area contributed by atoms with Crippen molar-refractivity contribution in [1.29, 1.82) is 0 Å². The van der Waals surface area contributed by atoms with Crippen LogP contribution >= 0.6 is 0 Å². The summed E-state index contributed by atoms with van der Waals surface area (Å²) in [7, 11) is 0. The maximum Gasteiger partial charge on any atom is 0.261 e. The summed E-state index contributed by atoms with van der Waals surface area (Å²) in [5.41, 5.74) is 2.01. The van der Waals surface area contributed by atoms with Crippen LogP contribution in [0.1, 0.15) is 43.6 Å². The normalized spacial score (nSPS) is 13.4. The monoisotopic (exact) mass is 329 g/mol. The molecule has 0 atom stereocenters. The number of ketones is 1. The molecule has 2 amide bonds. The van der Waals surface area contributed by atoms with E-state index in [9.17, 15) is 14.4 Å². The van der Waals surface area contributed by atoms with Crippen molar-refractivity contribution in [2.45, 2.75) is 6.92 Å². The summed E-state index contributed by atoms with van der Waals surface area (Å²) in [6, 6.07) is 17.6. The molecule has 0 bridgehead atoms. The first-order valence-electron chi connectivity index (χ1n) is 8.15. The van der Waals surface area contributed by atoms with Gasteiger partial charge in [0, 0.05) is 34.2 Å². The van der Waals surface area contributed by atoms with Gasteiger partial charge in [-0.1, -0.05) is 42.5 Å². The molecule has 4 heteroatoms. The molecule has 3 aromatic carbocycles. The second kappa shape index (κ2) is 5.67. The molecule has 1 aliphatic rings. The molecule has 1 aliphatic heterocycles.